The first-order chi connectivity index (χ1) is 8.20. The van der Waals surface area contributed by atoms with Gasteiger partial charge in [0.15, 0.2) is 0 Å². The van der Waals surface area contributed by atoms with Crippen LogP contribution in [0.5, 0.6) is 0 Å². The van der Waals surface area contributed by atoms with Crippen LogP contribution in [-0.2, 0) is 0 Å². The van der Waals surface area contributed by atoms with Gasteiger partial charge in [0, 0.05) is 32.2 Å². The highest BCUT2D eigenvalue weighted by atomic mass is 16.1. The third-order valence-electron chi connectivity index (χ3n) is 2.95. The average Bonchev–Trinajstić information content (AvgIpc) is 2.39. The van der Waals surface area contributed by atoms with Gasteiger partial charge < -0.3 is 15.5 Å². The number of aromatic nitrogens is 2. The molecule has 0 aromatic carbocycles. The van der Waals surface area contributed by atoms with E-state index in [-0.39, 0.29) is 5.82 Å². The Labute approximate surface area is 100 Å². The van der Waals surface area contributed by atoms with Gasteiger partial charge >= 0.3 is 0 Å². The summed E-state index contributed by atoms with van der Waals surface area (Å²) in [5.74, 6) is 0.139. The molecule has 0 atom stereocenters. The van der Waals surface area contributed by atoms with Crippen LogP contribution in [0.25, 0.3) is 0 Å². The monoisotopic (exact) mass is 234 g/mol. The Balaban J connectivity index is 2.08. The van der Waals surface area contributed by atoms with E-state index in [0.29, 0.717) is 0 Å². The number of nitrogens with zero attached hydrogens (tertiary/aromatic N) is 4. The lowest BCUT2D eigenvalue weighted by atomic mass is 10.3. The molecule has 1 aliphatic rings. The number of nitrogens with two attached hydrogens (primary N) is 1. The average molecular weight is 234 g/mol. The van der Waals surface area contributed by atoms with Gasteiger partial charge in [-0.15, -0.1) is 0 Å². The van der Waals surface area contributed by atoms with Gasteiger partial charge in [-0.3, -0.25) is 4.79 Å². The molecule has 2 rings (SSSR count). The van der Waals surface area contributed by atoms with Crippen LogP contribution < -0.4 is 10.6 Å². The van der Waals surface area contributed by atoms with Crippen LogP contribution in [-0.4, -0.2) is 53.5 Å². The van der Waals surface area contributed by atoms with E-state index in [0.717, 1.165) is 38.5 Å². The summed E-state index contributed by atoms with van der Waals surface area (Å²) in [6.45, 7) is 7.03. The van der Waals surface area contributed by atoms with Crippen LogP contribution >= 0.6 is 0 Å². The molecule has 1 aliphatic heterocycles. The SMILES string of the molecule is CCN1CCN(c2c[c]nc(C(N)=O)n2)CC1. The molecule has 0 bridgehead atoms. The Hall–Kier alpha value is -1.69. The van der Waals surface area contributed by atoms with Crippen molar-refractivity contribution < 1.29 is 4.79 Å². The number of likely N-dealkylation sites (N-methyl/N-ethyl adjacent to an activating group) is 1. The van der Waals surface area contributed by atoms with Crippen LogP contribution in [0.4, 0.5) is 5.82 Å². The number of rotatable bonds is 3. The fraction of sp³-hybridized carbons (Fsp3) is 0.545. The van der Waals surface area contributed by atoms with Crippen molar-refractivity contribution in [3.63, 3.8) is 0 Å². The van der Waals surface area contributed by atoms with E-state index >= 15 is 0 Å². The molecule has 1 amide bonds. The molecule has 1 radical (unpaired) electrons. The fourth-order valence-corrected chi connectivity index (χ4v) is 1.88. The third-order valence-corrected chi connectivity index (χ3v) is 2.95. The van der Waals surface area contributed by atoms with E-state index in [1.165, 1.54) is 0 Å². The largest absolute Gasteiger partial charge is 0.363 e. The summed E-state index contributed by atoms with van der Waals surface area (Å²) in [6, 6.07) is 1.69. The van der Waals surface area contributed by atoms with Crippen molar-refractivity contribution in [2.45, 2.75) is 6.92 Å². The first-order valence-electron chi connectivity index (χ1n) is 5.73. The fourth-order valence-electron chi connectivity index (χ4n) is 1.88. The predicted molar refractivity (Wildman–Crippen MR) is 63.7 cm³/mol. The van der Waals surface area contributed by atoms with Crippen molar-refractivity contribution in [1.82, 2.24) is 14.9 Å². The molecule has 0 spiro atoms. The van der Waals surface area contributed by atoms with E-state index in [9.17, 15) is 4.79 Å². The quantitative estimate of drug-likeness (QED) is 0.764. The van der Waals surface area contributed by atoms with E-state index < -0.39 is 5.91 Å². The Kier molecular flexibility index (Phi) is 3.53. The zero-order valence-electron chi connectivity index (χ0n) is 9.89. The molecular weight excluding hydrogens is 218 g/mol. The van der Waals surface area contributed by atoms with Gasteiger partial charge in [-0.1, -0.05) is 6.92 Å². The summed E-state index contributed by atoms with van der Waals surface area (Å²) in [4.78, 5) is 23.3. The van der Waals surface area contributed by atoms with Gasteiger partial charge in [-0.25, -0.2) is 9.97 Å². The number of hydrogen-bond acceptors (Lipinski definition) is 5. The second-order valence-corrected chi connectivity index (χ2v) is 3.96. The Bertz CT molecular complexity index is 401. The molecule has 1 aromatic heterocycles. The number of primary amides is 1. The zero-order chi connectivity index (χ0) is 12.3. The lowest BCUT2D eigenvalue weighted by Gasteiger charge is -2.34. The Morgan fingerprint density at radius 1 is 1.47 bits per heavy atom. The number of carbonyl (C=O) groups excluding carboxylic acids is 1. The number of hydrogen-bond donors (Lipinski definition) is 1. The topological polar surface area (TPSA) is 75.3 Å². The first-order valence-corrected chi connectivity index (χ1v) is 5.73. The van der Waals surface area contributed by atoms with E-state index in [1.807, 2.05) is 0 Å². The lowest BCUT2D eigenvalue weighted by molar-refractivity contribution is 0.0990. The normalized spacial score (nSPS) is 17.1. The van der Waals surface area contributed by atoms with Crippen molar-refractivity contribution in [2.24, 2.45) is 5.73 Å². The Morgan fingerprint density at radius 3 is 2.76 bits per heavy atom. The van der Waals surface area contributed by atoms with E-state index in [2.05, 4.69) is 32.9 Å². The minimum atomic E-state index is -0.615. The molecule has 17 heavy (non-hydrogen) atoms. The lowest BCUT2D eigenvalue weighted by Crippen LogP contribution is -2.46. The summed E-state index contributed by atoms with van der Waals surface area (Å²) in [5.41, 5.74) is 5.15. The highest BCUT2D eigenvalue weighted by molar-refractivity contribution is 5.89. The molecular formula is C11H16N5O. The maximum atomic E-state index is 11.0. The van der Waals surface area contributed by atoms with Gasteiger partial charge in [-0.05, 0) is 6.54 Å². The van der Waals surface area contributed by atoms with Crippen molar-refractivity contribution in [3.05, 3.63) is 18.1 Å². The summed E-state index contributed by atoms with van der Waals surface area (Å²) in [5, 5.41) is 0. The smallest absolute Gasteiger partial charge is 0.286 e. The number of anilines is 1. The standard InChI is InChI=1S/C11H16N5O/c1-2-15-5-7-16(8-6-15)9-3-4-13-11(14-9)10(12)17/h3H,2,5-8H2,1H3,(H2,12,17). The second kappa shape index (κ2) is 5.09. The van der Waals surface area contributed by atoms with Crippen LogP contribution in [0.3, 0.4) is 0 Å². The molecule has 1 fully saturated rings. The highest BCUT2D eigenvalue weighted by Gasteiger charge is 2.17. The van der Waals surface area contributed by atoms with Crippen LogP contribution in [0.15, 0.2) is 6.07 Å². The first kappa shape index (κ1) is 11.8. The van der Waals surface area contributed by atoms with Crippen LogP contribution in [0.2, 0.25) is 0 Å². The van der Waals surface area contributed by atoms with Crippen LogP contribution in [0, 0.1) is 6.20 Å². The van der Waals surface area contributed by atoms with Crippen molar-refractivity contribution in [2.75, 3.05) is 37.6 Å². The molecule has 91 valence electrons. The molecule has 2 N–H and O–H groups in total. The third kappa shape index (κ3) is 2.71. The van der Waals surface area contributed by atoms with E-state index in [1.54, 1.807) is 6.07 Å². The van der Waals surface area contributed by atoms with Gasteiger partial charge in [0.25, 0.3) is 5.91 Å². The zero-order valence-corrected chi connectivity index (χ0v) is 9.89. The van der Waals surface area contributed by atoms with Gasteiger partial charge in [0.1, 0.15) is 5.82 Å². The number of piperazine rings is 1. The summed E-state index contributed by atoms with van der Waals surface area (Å²) < 4.78 is 0. The van der Waals surface area contributed by atoms with Gasteiger partial charge in [0.2, 0.25) is 5.82 Å². The molecule has 0 aliphatic carbocycles. The molecule has 6 nitrogen and oxygen atoms in total. The summed E-state index contributed by atoms with van der Waals surface area (Å²) in [7, 11) is 0. The molecule has 0 unspecified atom stereocenters. The summed E-state index contributed by atoms with van der Waals surface area (Å²) in [6.07, 6.45) is 2.66. The van der Waals surface area contributed by atoms with Gasteiger partial charge in [-0.2, -0.15) is 0 Å². The van der Waals surface area contributed by atoms with E-state index in [4.69, 9.17) is 5.73 Å². The molecule has 6 heteroatoms. The minimum Gasteiger partial charge on any atom is -0.363 e. The number of amides is 1. The minimum absolute atomic E-state index is 0.0282. The molecule has 2 heterocycles. The maximum Gasteiger partial charge on any atom is 0.286 e. The summed E-state index contributed by atoms with van der Waals surface area (Å²) >= 11 is 0. The molecule has 0 saturated carbocycles. The van der Waals surface area contributed by atoms with Crippen molar-refractivity contribution >= 4 is 11.7 Å². The maximum absolute atomic E-state index is 11.0. The van der Waals surface area contributed by atoms with Crippen molar-refractivity contribution in [3.8, 4) is 0 Å². The van der Waals surface area contributed by atoms with Crippen molar-refractivity contribution in [1.29, 1.82) is 0 Å². The predicted octanol–water partition coefficient (Wildman–Crippen LogP) is -0.482. The van der Waals surface area contributed by atoms with Gasteiger partial charge in [0.05, 0.1) is 6.20 Å². The van der Waals surface area contributed by atoms with Crippen LogP contribution in [0.1, 0.15) is 17.5 Å². The molecule has 1 saturated heterocycles. The Morgan fingerprint density at radius 2 is 2.18 bits per heavy atom. The molecule has 1 aromatic rings. The second-order valence-electron chi connectivity index (χ2n) is 3.96. The number of carbonyl (C=O) groups is 1. The highest BCUT2D eigenvalue weighted by Crippen LogP contribution is 2.12.